The third-order valence-corrected chi connectivity index (χ3v) is 7.31. The summed E-state index contributed by atoms with van der Waals surface area (Å²) in [4.78, 5) is 67.3. The minimum absolute atomic E-state index is 0.0318. The van der Waals surface area contributed by atoms with Crippen molar-refractivity contribution >= 4 is 29.4 Å². The number of Topliss-reactive ketones (excluding diaryl/α,β-unsaturated/α-hetero) is 1. The Morgan fingerprint density at radius 2 is 1.15 bits per heavy atom. The number of morpholine rings is 1. The van der Waals surface area contributed by atoms with Crippen molar-refractivity contribution in [3.05, 3.63) is 0 Å². The molecular formula is C29H47F4N5O9. The van der Waals surface area contributed by atoms with Crippen molar-refractivity contribution in [3.63, 3.8) is 0 Å². The number of carbonyl (C=O) groups excluding carboxylic acids is 5. The first-order chi connectivity index (χ1) is 22.0. The number of hydrogen-bond acceptors (Lipinski definition) is 10. The fraction of sp³-hybridized carbons (Fsp3) is 0.828. The molecule has 0 aromatic carbocycles. The number of epoxide rings is 1. The molecule has 2 fully saturated rings. The Bertz CT molecular complexity index is 1060. The van der Waals surface area contributed by atoms with Gasteiger partial charge in [0.1, 0.15) is 23.7 Å². The number of alkyl halides is 4. The zero-order valence-corrected chi connectivity index (χ0v) is 27.3. The first-order valence-corrected chi connectivity index (χ1v) is 15.5. The quantitative estimate of drug-likeness (QED) is 0.0964. The first-order valence-electron chi connectivity index (χ1n) is 15.5. The number of halogens is 4. The number of carbonyl (C=O) groups is 5. The molecule has 4 amide bonds. The van der Waals surface area contributed by atoms with Gasteiger partial charge in [0.25, 0.3) is 0 Å². The van der Waals surface area contributed by atoms with Crippen LogP contribution in [0.1, 0.15) is 47.5 Å². The minimum Gasteiger partial charge on any atom is -0.379 e. The van der Waals surface area contributed by atoms with Gasteiger partial charge in [0.05, 0.1) is 45.6 Å². The standard InChI is InChI=1S/C29H47F4N5O9/c1-16(2)10-18(23(40)29(5)15-47-29)35-26(43)21(14-46-28(32)33)37-24(41)19(11-17(3)4)36-25(42)20(13-45-27(30)31)34-22(39)12-38-6-8-44-9-7-38/h16-21,27-28H,6-15H2,1-5H3,(H,34,39)(H,35,43)(H,36,42)(H,37,41)/t18-,19-,20-,21-,29-/m0/s1. The minimum atomic E-state index is -3.29. The van der Waals surface area contributed by atoms with Gasteiger partial charge in [0.15, 0.2) is 5.78 Å². The number of ether oxygens (including phenoxy) is 4. The van der Waals surface area contributed by atoms with E-state index < -0.39 is 85.6 Å². The third-order valence-electron chi connectivity index (χ3n) is 7.31. The Labute approximate surface area is 271 Å². The van der Waals surface area contributed by atoms with Gasteiger partial charge in [-0.1, -0.05) is 27.7 Å². The number of hydrogen-bond donors (Lipinski definition) is 4. The largest absolute Gasteiger partial charge is 0.379 e. The molecule has 0 spiro atoms. The highest BCUT2D eigenvalue weighted by Gasteiger charge is 2.50. The van der Waals surface area contributed by atoms with Gasteiger partial charge in [-0.15, -0.1) is 0 Å². The highest BCUT2D eigenvalue weighted by molar-refractivity contribution is 5.98. The van der Waals surface area contributed by atoms with E-state index in [1.165, 1.54) is 0 Å². The number of nitrogens with zero attached hydrogens (tertiary/aromatic N) is 1. The number of ketones is 1. The van der Waals surface area contributed by atoms with Crippen LogP contribution < -0.4 is 21.3 Å². The maximum atomic E-state index is 13.4. The van der Waals surface area contributed by atoms with Crippen molar-refractivity contribution in [3.8, 4) is 0 Å². The molecule has 5 atom stereocenters. The van der Waals surface area contributed by atoms with Gasteiger partial charge in [-0.2, -0.15) is 17.6 Å². The SMILES string of the molecule is CC(C)C[C@H](NC(=O)[C@H](COC(F)F)NC(=O)CN1CCOCC1)C(=O)N[C@@H](COC(F)F)C(=O)N[C@@H](CC(C)C)C(=O)[C@]1(C)CO1. The Kier molecular flexibility index (Phi) is 16.4. The predicted octanol–water partition coefficient (Wildman–Crippen LogP) is 0.186. The fourth-order valence-corrected chi connectivity index (χ4v) is 4.75. The van der Waals surface area contributed by atoms with Crippen LogP contribution in [0.4, 0.5) is 17.6 Å². The van der Waals surface area contributed by atoms with Gasteiger partial charge in [-0.25, -0.2) is 0 Å². The Hall–Kier alpha value is -2.93. The lowest BCUT2D eigenvalue weighted by Gasteiger charge is -2.28. The summed E-state index contributed by atoms with van der Waals surface area (Å²) in [5.41, 5.74) is -1.10. The summed E-state index contributed by atoms with van der Waals surface area (Å²) in [5, 5.41) is 9.53. The van der Waals surface area contributed by atoms with Crippen LogP contribution in [-0.4, -0.2) is 130 Å². The van der Waals surface area contributed by atoms with Crippen LogP contribution in [-0.2, 0) is 42.9 Å². The van der Waals surface area contributed by atoms with Crippen molar-refractivity contribution in [2.45, 2.75) is 90.5 Å². The van der Waals surface area contributed by atoms with Gasteiger partial charge in [-0.3, -0.25) is 28.9 Å². The molecule has 0 aromatic heterocycles. The zero-order valence-electron chi connectivity index (χ0n) is 27.3. The van der Waals surface area contributed by atoms with Crippen molar-refractivity contribution < 1.29 is 60.5 Å². The average Bonchev–Trinajstić information content (AvgIpc) is 3.74. The van der Waals surface area contributed by atoms with E-state index in [1.807, 2.05) is 13.8 Å². The van der Waals surface area contributed by atoms with Crippen molar-refractivity contribution in [1.29, 1.82) is 0 Å². The number of amides is 4. The lowest BCUT2D eigenvalue weighted by Crippen LogP contribution is -2.60. The molecule has 0 radical (unpaired) electrons. The molecule has 0 aliphatic carbocycles. The fourth-order valence-electron chi connectivity index (χ4n) is 4.75. The van der Waals surface area contributed by atoms with Crippen LogP contribution in [0.25, 0.3) is 0 Å². The van der Waals surface area contributed by atoms with E-state index in [2.05, 4.69) is 30.7 Å². The molecule has 2 heterocycles. The molecule has 4 N–H and O–H groups in total. The zero-order chi connectivity index (χ0) is 35.3. The molecule has 0 aromatic rings. The van der Waals surface area contributed by atoms with Gasteiger partial charge in [0.2, 0.25) is 23.6 Å². The van der Waals surface area contributed by atoms with Crippen molar-refractivity contribution in [2.75, 3.05) is 52.7 Å². The van der Waals surface area contributed by atoms with Gasteiger partial charge in [-0.05, 0) is 31.6 Å². The van der Waals surface area contributed by atoms with Crippen LogP contribution in [0.5, 0.6) is 0 Å². The topological polar surface area (TPSA) is 177 Å². The summed E-state index contributed by atoms with van der Waals surface area (Å²) in [6.07, 6.45) is 0.168. The summed E-state index contributed by atoms with van der Waals surface area (Å²) >= 11 is 0. The van der Waals surface area contributed by atoms with Crippen LogP contribution >= 0.6 is 0 Å². The molecule has 14 nitrogen and oxygen atoms in total. The van der Waals surface area contributed by atoms with E-state index >= 15 is 0 Å². The van der Waals surface area contributed by atoms with E-state index in [4.69, 9.17) is 9.47 Å². The molecule has 0 unspecified atom stereocenters. The second kappa shape index (κ2) is 19.2. The average molecular weight is 686 g/mol. The van der Waals surface area contributed by atoms with E-state index in [1.54, 1.807) is 25.7 Å². The Morgan fingerprint density at radius 3 is 1.62 bits per heavy atom. The number of nitrogens with one attached hydrogen (secondary N) is 4. The van der Waals surface area contributed by atoms with Crippen molar-refractivity contribution in [1.82, 2.24) is 26.2 Å². The lowest BCUT2D eigenvalue weighted by molar-refractivity contribution is -0.150. The second-order valence-electron chi connectivity index (χ2n) is 12.5. The van der Waals surface area contributed by atoms with Gasteiger partial charge < -0.3 is 40.2 Å². The summed E-state index contributed by atoms with van der Waals surface area (Å²) in [6, 6.07) is -5.80. The molecule has 0 saturated carbocycles. The molecule has 0 bridgehead atoms. The summed E-state index contributed by atoms with van der Waals surface area (Å²) in [6.45, 7) is 1.81. The highest BCUT2D eigenvalue weighted by atomic mass is 19.3. The highest BCUT2D eigenvalue weighted by Crippen LogP contribution is 2.29. The van der Waals surface area contributed by atoms with Crippen LogP contribution in [0.3, 0.4) is 0 Å². The third kappa shape index (κ3) is 14.8. The molecule has 2 rings (SSSR count). The van der Waals surface area contributed by atoms with E-state index in [0.717, 1.165) is 0 Å². The predicted molar refractivity (Wildman–Crippen MR) is 157 cm³/mol. The van der Waals surface area contributed by atoms with Crippen LogP contribution in [0, 0.1) is 11.8 Å². The normalized spacial score (nSPS) is 20.9. The lowest BCUT2D eigenvalue weighted by atomic mass is 9.93. The summed E-state index contributed by atoms with van der Waals surface area (Å²) < 4.78 is 70.8. The second-order valence-corrected chi connectivity index (χ2v) is 12.5. The molecule has 2 aliphatic rings. The van der Waals surface area contributed by atoms with Crippen LogP contribution in [0.15, 0.2) is 0 Å². The maximum Gasteiger partial charge on any atom is 0.345 e. The molecule has 270 valence electrons. The maximum absolute atomic E-state index is 13.4. The van der Waals surface area contributed by atoms with Crippen LogP contribution in [0.2, 0.25) is 0 Å². The van der Waals surface area contributed by atoms with Gasteiger partial charge >= 0.3 is 13.2 Å². The van der Waals surface area contributed by atoms with E-state index in [9.17, 15) is 41.5 Å². The summed E-state index contributed by atoms with van der Waals surface area (Å²) in [5.74, 6) is -4.39. The monoisotopic (exact) mass is 685 g/mol. The van der Waals surface area contributed by atoms with Gasteiger partial charge in [0, 0.05) is 13.1 Å². The summed E-state index contributed by atoms with van der Waals surface area (Å²) in [7, 11) is 0. The van der Waals surface area contributed by atoms with E-state index in [-0.39, 0.29) is 37.8 Å². The molecule has 47 heavy (non-hydrogen) atoms. The smallest absolute Gasteiger partial charge is 0.345 e. The Morgan fingerprint density at radius 1 is 0.723 bits per heavy atom. The van der Waals surface area contributed by atoms with E-state index in [0.29, 0.717) is 26.3 Å². The Balaban J connectivity index is 2.19. The van der Waals surface area contributed by atoms with Crippen molar-refractivity contribution in [2.24, 2.45) is 11.8 Å². The molecule has 2 saturated heterocycles. The molecule has 2 aliphatic heterocycles. The molecule has 18 heteroatoms. The molecular weight excluding hydrogens is 638 g/mol. The number of rotatable bonds is 21. The first kappa shape index (κ1) is 40.2.